The molecule has 32 heavy (non-hydrogen) atoms. The van der Waals surface area contributed by atoms with Gasteiger partial charge in [0.2, 0.25) is 0 Å². The van der Waals surface area contributed by atoms with Gasteiger partial charge in [0.15, 0.2) is 11.5 Å². The van der Waals surface area contributed by atoms with Crippen LogP contribution in [-0.2, 0) is 6.54 Å². The van der Waals surface area contributed by atoms with E-state index in [4.69, 9.17) is 14.6 Å². The number of para-hydroxylation sites is 1. The lowest BCUT2D eigenvalue weighted by atomic mass is 10.1. The Morgan fingerprint density at radius 1 is 0.938 bits per heavy atom. The Balaban J connectivity index is 1.41. The Labute approximate surface area is 189 Å². The van der Waals surface area contributed by atoms with Gasteiger partial charge in [-0.1, -0.05) is 18.2 Å². The zero-order chi connectivity index (χ0) is 22.7. The van der Waals surface area contributed by atoms with Crippen molar-refractivity contribution in [3.05, 3.63) is 71.0 Å². The lowest BCUT2D eigenvalue weighted by Gasteiger charge is -2.35. The molecule has 0 N–H and O–H groups in total. The first-order chi connectivity index (χ1) is 15.5. The molecule has 0 atom stereocenters. The highest BCUT2D eigenvalue weighted by atomic mass is 16.5. The zero-order valence-electron chi connectivity index (χ0n) is 19.2. The van der Waals surface area contributed by atoms with Crippen molar-refractivity contribution in [1.82, 2.24) is 19.6 Å². The van der Waals surface area contributed by atoms with Gasteiger partial charge in [-0.25, -0.2) is 4.68 Å². The third kappa shape index (κ3) is 4.34. The van der Waals surface area contributed by atoms with Crippen LogP contribution in [0.1, 0.15) is 27.3 Å². The monoisotopic (exact) mass is 434 g/mol. The lowest BCUT2D eigenvalue weighted by molar-refractivity contribution is 0.0627. The smallest absolute Gasteiger partial charge is 0.254 e. The number of hydrogen-bond donors (Lipinski definition) is 0. The minimum Gasteiger partial charge on any atom is -0.493 e. The Morgan fingerprint density at radius 2 is 1.62 bits per heavy atom. The maximum atomic E-state index is 13.0. The van der Waals surface area contributed by atoms with E-state index in [0.717, 1.165) is 36.7 Å². The Hall–Kier alpha value is -3.32. The average molecular weight is 435 g/mol. The summed E-state index contributed by atoms with van der Waals surface area (Å²) in [7, 11) is 3.17. The normalized spacial score (nSPS) is 14.4. The van der Waals surface area contributed by atoms with Gasteiger partial charge < -0.3 is 14.4 Å². The molecular formula is C25H30N4O3. The molecule has 1 aliphatic heterocycles. The van der Waals surface area contributed by atoms with Crippen LogP contribution in [0.2, 0.25) is 0 Å². The predicted molar refractivity (Wildman–Crippen MR) is 124 cm³/mol. The largest absolute Gasteiger partial charge is 0.493 e. The summed E-state index contributed by atoms with van der Waals surface area (Å²) in [5.41, 5.74) is 5.16. The summed E-state index contributed by atoms with van der Waals surface area (Å²) in [6, 6.07) is 15.5. The van der Waals surface area contributed by atoms with Gasteiger partial charge in [0.05, 0.1) is 25.6 Å². The molecule has 168 valence electrons. The molecule has 0 aliphatic carbocycles. The van der Waals surface area contributed by atoms with Gasteiger partial charge in [-0.2, -0.15) is 5.10 Å². The molecule has 1 amide bonds. The van der Waals surface area contributed by atoms with Crippen molar-refractivity contribution in [1.29, 1.82) is 0 Å². The Morgan fingerprint density at radius 3 is 2.28 bits per heavy atom. The molecule has 0 spiro atoms. The van der Waals surface area contributed by atoms with E-state index < -0.39 is 0 Å². The lowest BCUT2D eigenvalue weighted by Crippen LogP contribution is -2.48. The number of hydrogen-bond acceptors (Lipinski definition) is 5. The van der Waals surface area contributed by atoms with E-state index >= 15 is 0 Å². The molecule has 0 saturated carbocycles. The number of piperazine rings is 1. The highest BCUT2D eigenvalue weighted by Crippen LogP contribution is 2.28. The van der Waals surface area contributed by atoms with Crippen LogP contribution in [0.4, 0.5) is 0 Å². The maximum absolute atomic E-state index is 13.0. The first kappa shape index (κ1) is 21.9. The minimum atomic E-state index is 0.0230. The van der Waals surface area contributed by atoms with Gasteiger partial charge in [-0.3, -0.25) is 9.69 Å². The number of amides is 1. The molecule has 0 bridgehead atoms. The van der Waals surface area contributed by atoms with Crippen LogP contribution < -0.4 is 9.47 Å². The van der Waals surface area contributed by atoms with Crippen molar-refractivity contribution >= 4 is 5.91 Å². The van der Waals surface area contributed by atoms with E-state index in [-0.39, 0.29) is 5.91 Å². The maximum Gasteiger partial charge on any atom is 0.254 e. The van der Waals surface area contributed by atoms with Crippen LogP contribution in [0, 0.1) is 13.8 Å². The fourth-order valence-electron chi connectivity index (χ4n) is 4.21. The molecule has 7 nitrogen and oxygen atoms in total. The number of rotatable bonds is 6. The van der Waals surface area contributed by atoms with Crippen molar-refractivity contribution in [3.8, 4) is 17.2 Å². The molecular weight excluding hydrogens is 404 g/mol. The number of carbonyl (C=O) groups is 1. The minimum absolute atomic E-state index is 0.0230. The van der Waals surface area contributed by atoms with E-state index in [1.54, 1.807) is 32.4 Å². The van der Waals surface area contributed by atoms with Crippen LogP contribution in [0.15, 0.2) is 48.5 Å². The number of carbonyl (C=O) groups excluding carboxylic acids is 1. The van der Waals surface area contributed by atoms with Gasteiger partial charge in [0.25, 0.3) is 5.91 Å². The van der Waals surface area contributed by atoms with Gasteiger partial charge >= 0.3 is 0 Å². The molecule has 3 aromatic rings. The number of ether oxygens (including phenoxy) is 2. The van der Waals surface area contributed by atoms with Crippen LogP contribution >= 0.6 is 0 Å². The summed E-state index contributed by atoms with van der Waals surface area (Å²) in [5.74, 6) is 1.21. The van der Waals surface area contributed by atoms with E-state index in [9.17, 15) is 4.79 Å². The third-order valence-electron chi connectivity index (χ3n) is 6.11. The molecule has 1 aliphatic rings. The third-order valence-corrected chi connectivity index (χ3v) is 6.11. The van der Waals surface area contributed by atoms with Gasteiger partial charge in [-0.05, 0) is 44.2 Å². The fourth-order valence-corrected chi connectivity index (χ4v) is 4.21. The highest BCUT2D eigenvalue weighted by molar-refractivity contribution is 5.95. The molecule has 4 rings (SSSR count). The van der Waals surface area contributed by atoms with E-state index in [1.807, 2.05) is 27.8 Å². The molecule has 7 heteroatoms. The van der Waals surface area contributed by atoms with E-state index in [0.29, 0.717) is 30.2 Å². The molecule has 2 heterocycles. The number of methoxy groups -OCH3 is 2. The SMILES string of the molecule is COc1ccc(C(=O)N2CCN(Cc3c(C)nn(-c4ccccc4)c3C)CC2)cc1OC. The quantitative estimate of drug-likeness (QED) is 0.595. The molecule has 0 unspecified atom stereocenters. The second-order valence-corrected chi connectivity index (χ2v) is 8.03. The molecule has 1 aromatic heterocycles. The van der Waals surface area contributed by atoms with Crippen molar-refractivity contribution in [2.45, 2.75) is 20.4 Å². The highest BCUT2D eigenvalue weighted by Gasteiger charge is 2.24. The summed E-state index contributed by atoms with van der Waals surface area (Å²) in [4.78, 5) is 17.3. The van der Waals surface area contributed by atoms with Gasteiger partial charge in [-0.15, -0.1) is 0 Å². The topological polar surface area (TPSA) is 59.8 Å². The summed E-state index contributed by atoms with van der Waals surface area (Å²) in [6.07, 6.45) is 0. The van der Waals surface area contributed by atoms with Crippen molar-refractivity contribution in [2.24, 2.45) is 0 Å². The number of aromatic nitrogens is 2. The van der Waals surface area contributed by atoms with Crippen LogP contribution in [0.5, 0.6) is 11.5 Å². The number of benzene rings is 2. The summed E-state index contributed by atoms with van der Waals surface area (Å²) >= 11 is 0. The van der Waals surface area contributed by atoms with Crippen molar-refractivity contribution in [2.75, 3.05) is 40.4 Å². The molecule has 1 fully saturated rings. The summed E-state index contributed by atoms with van der Waals surface area (Å²) in [5, 5.41) is 4.76. The van der Waals surface area contributed by atoms with E-state index in [2.05, 4.69) is 30.9 Å². The average Bonchev–Trinajstić information content (AvgIpc) is 3.12. The summed E-state index contributed by atoms with van der Waals surface area (Å²) in [6.45, 7) is 8.07. The summed E-state index contributed by atoms with van der Waals surface area (Å²) < 4.78 is 12.6. The van der Waals surface area contributed by atoms with Crippen LogP contribution in [0.25, 0.3) is 5.69 Å². The molecule has 2 aromatic carbocycles. The fraction of sp³-hybridized carbons (Fsp3) is 0.360. The second kappa shape index (κ2) is 9.44. The van der Waals surface area contributed by atoms with E-state index in [1.165, 1.54) is 5.56 Å². The first-order valence-electron chi connectivity index (χ1n) is 10.9. The number of aryl methyl sites for hydroxylation is 1. The zero-order valence-corrected chi connectivity index (χ0v) is 19.2. The van der Waals surface area contributed by atoms with Gasteiger partial charge in [0, 0.05) is 49.5 Å². The molecule has 1 saturated heterocycles. The molecule has 0 radical (unpaired) electrons. The van der Waals surface area contributed by atoms with Crippen LogP contribution in [-0.4, -0.2) is 65.9 Å². The predicted octanol–water partition coefficient (Wildman–Crippen LogP) is 3.46. The first-order valence-corrected chi connectivity index (χ1v) is 10.9. The van der Waals surface area contributed by atoms with Crippen LogP contribution in [0.3, 0.4) is 0 Å². The van der Waals surface area contributed by atoms with Crippen molar-refractivity contribution in [3.63, 3.8) is 0 Å². The number of nitrogens with zero attached hydrogens (tertiary/aromatic N) is 4. The van der Waals surface area contributed by atoms with Crippen molar-refractivity contribution < 1.29 is 14.3 Å². The Kier molecular flexibility index (Phi) is 6.46. The van der Waals surface area contributed by atoms with Gasteiger partial charge in [0.1, 0.15) is 0 Å². The Bertz CT molecular complexity index is 1090. The second-order valence-electron chi connectivity index (χ2n) is 8.03. The standard InChI is InChI=1S/C25H30N4O3/c1-18-22(19(2)29(26-18)21-8-6-5-7-9-21)17-27-12-14-28(15-13-27)25(30)20-10-11-23(31-3)24(16-20)32-4/h5-11,16H,12-15,17H2,1-4H3.